The van der Waals surface area contributed by atoms with Crippen LogP contribution >= 0.6 is 0 Å². The Morgan fingerprint density at radius 1 is 1.28 bits per heavy atom. The molecule has 0 spiro atoms. The van der Waals surface area contributed by atoms with E-state index in [4.69, 9.17) is 0 Å². The third-order valence-corrected chi connectivity index (χ3v) is 4.41. The van der Waals surface area contributed by atoms with E-state index in [0.29, 0.717) is 18.5 Å². The molecule has 2 N–H and O–H groups in total. The summed E-state index contributed by atoms with van der Waals surface area (Å²) in [5, 5.41) is 6.61. The van der Waals surface area contributed by atoms with Gasteiger partial charge in [0.15, 0.2) is 0 Å². The number of hydrogen-bond donors (Lipinski definition) is 2. The number of nitrogens with one attached hydrogen (secondary N) is 2. The third-order valence-electron chi connectivity index (χ3n) is 4.41. The van der Waals surface area contributed by atoms with E-state index in [1.54, 1.807) is 0 Å². The van der Waals surface area contributed by atoms with Gasteiger partial charge < -0.3 is 15.5 Å². The van der Waals surface area contributed by atoms with Gasteiger partial charge in [-0.25, -0.2) is 0 Å². The van der Waals surface area contributed by atoms with Crippen LogP contribution in [0.3, 0.4) is 0 Å². The summed E-state index contributed by atoms with van der Waals surface area (Å²) in [6, 6.07) is 1.82. The molecule has 1 unspecified atom stereocenters. The minimum Gasteiger partial charge on any atom is -0.352 e. The highest BCUT2D eigenvalue weighted by atomic mass is 16.1. The van der Waals surface area contributed by atoms with Crippen LogP contribution < -0.4 is 10.6 Å². The van der Waals surface area contributed by atoms with Crippen LogP contribution in [0.2, 0.25) is 0 Å². The van der Waals surface area contributed by atoms with Crippen molar-refractivity contribution in [3.8, 4) is 0 Å². The maximum absolute atomic E-state index is 11.2. The average Bonchev–Trinajstić information content (AvgIpc) is 2.76. The van der Waals surface area contributed by atoms with Crippen LogP contribution in [0, 0.1) is 0 Å². The van der Waals surface area contributed by atoms with Crippen molar-refractivity contribution in [1.29, 1.82) is 0 Å². The molecule has 18 heavy (non-hydrogen) atoms. The number of rotatable bonds is 5. The van der Waals surface area contributed by atoms with Crippen LogP contribution in [0.25, 0.3) is 0 Å². The largest absolute Gasteiger partial charge is 0.352 e. The molecule has 4 heteroatoms. The smallest absolute Gasteiger partial charge is 0.220 e. The SMILES string of the molecule is CCNC1CCC(N(C)CC2CCC(=O)N2)CC1. The lowest BCUT2D eigenvalue weighted by Crippen LogP contribution is -2.45. The molecule has 0 aromatic carbocycles. The summed E-state index contributed by atoms with van der Waals surface area (Å²) in [6.45, 7) is 4.28. The maximum Gasteiger partial charge on any atom is 0.220 e. The second-order valence-corrected chi connectivity index (χ2v) is 5.81. The van der Waals surface area contributed by atoms with Crippen molar-refractivity contribution in [1.82, 2.24) is 15.5 Å². The number of carbonyl (C=O) groups excluding carboxylic acids is 1. The first kappa shape index (κ1) is 13.8. The van der Waals surface area contributed by atoms with Gasteiger partial charge in [0.1, 0.15) is 0 Å². The van der Waals surface area contributed by atoms with Crippen LogP contribution in [0.1, 0.15) is 45.4 Å². The zero-order valence-corrected chi connectivity index (χ0v) is 11.7. The minimum atomic E-state index is 0.226. The molecule has 104 valence electrons. The molecule has 1 saturated carbocycles. The molecule has 1 amide bonds. The highest BCUT2D eigenvalue weighted by Gasteiger charge is 2.27. The van der Waals surface area contributed by atoms with Crippen LogP contribution in [0.4, 0.5) is 0 Å². The van der Waals surface area contributed by atoms with Gasteiger partial charge in [-0.3, -0.25) is 4.79 Å². The molecule has 2 aliphatic rings. The van der Waals surface area contributed by atoms with Crippen LogP contribution in [-0.4, -0.2) is 49.1 Å². The number of hydrogen-bond acceptors (Lipinski definition) is 3. The quantitative estimate of drug-likeness (QED) is 0.771. The van der Waals surface area contributed by atoms with E-state index in [9.17, 15) is 4.79 Å². The lowest BCUT2D eigenvalue weighted by atomic mass is 9.90. The highest BCUT2D eigenvalue weighted by Crippen LogP contribution is 2.23. The standard InChI is InChI=1S/C14H27N3O/c1-3-15-11-4-7-13(8-5-11)17(2)10-12-6-9-14(18)16-12/h11-13,15H,3-10H2,1-2H3,(H,16,18). The van der Waals surface area contributed by atoms with Gasteiger partial charge in [0.2, 0.25) is 5.91 Å². The second kappa shape index (κ2) is 6.53. The molecule has 1 heterocycles. The number of likely N-dealkylation sites (N-methyl/N-ethyl adjacent to an activating group) is 1. The van der Waals surface area contributed by atoms with E-state index >= 15 is 0 Å². The Kier molecular flexibility index (Phi) is 5.01. The molecule has 1 saturated heterocycles. The van der Waals surface area contributed by atoms with Gasteiger partial charge >= 0.3 is 0 Å². The fourth-order valence-electron chi connectivity index (χ4n) is 3.32. The minimum absolute atomic E-state index is 0.226. The van der Waals surface area contributed by atoms with Crippen molar-refractivity contribution >= 4 is 5.91 Å². The summed E-state index contributed by atoms with van der Waals surface area (Å²) in [4.78, 5) is 13.6. The van der Waals surface area contributed by atoms with E-state index < -0.39 is 0 Å². The van der Waals surface area contributed by atoms with Gasteiger partial charge in [-0.2, -0.15) is 0 Å². The molecule has 0 radical (unpaired) electrons. The molecule has 0 aromatic rings. The van der Waals surface area contributed by atoms with Gasteiger partial charge in [-0.15, -0.1) is 0 Å². The lowest BCUT2D eigenvalue weighted by Gasteiger charge is -2.36. The topological polar surface area (TPSA) is 44.4 Å². The van der Waals surface area contributed by atoms with E-state index in [-0.39, 0.29) is 5.91 Å². The van der Waals surface area contributed by atoms with Gasteiger partial charge in [0, 0.05) is 31.1 Å². The van der Waals surface area contributed by atoms with Crippen LogP contribution in [0.15, 0.2) is 0 Å². The third kappa shape index (κ3) is 3.69. The van der Waals surface area contributed by atoms with E-state index in [0.717, 1.165) is 25.6 Å². The Hall–Kier alpha value is -0.610. The fraction of sp³-hybridized carbons (Fsp3) is 0.929. The first-order chi connectivity index (χ1) is 8.69. The van der Waals surface area contributed by atoms with Crippen molar-refractivity contribution in [2.24, 2.45) is 0 Å². The summed E-state index contributed by atoms with van der Waals surface area (Å²) in [6.07, 6.45) is 6.88. The van der Waals surface area contributed by atoms with Crippen molar-refractivity contribution in [2.75, 3.05) is 20.1 Å². The highest BCUT2D eigenvalue weighted by molar-refractivity contribution is 5.78. The average molecular weight is 253 g/mol. The van der Waals surface area contributed by atoms with Crippen molar-refractivity contribution in [2.45, 2.75) is 63.6 Å². The Labute approximate surface area is 110 Å². The zero-order valence-electron chi connectivity index (χ0n) is 11.7. The summed E-state index contributed by atoms with van der Waals surface area (Å²) < 4.78 is 0. The van der Waals surface area contributed by atoms with Crippen LogP contribution in [-0.2, 0) is 4.79 Å². The van der Waals surface area contributed by atoms with Crippen molar-refractivity contribution in [3.63, 3.8) is 0 Å². The lowest BCUT2D eigenvalue weighted by molar-refractivity contribution is -0.119. The monoisotopic (exact) mass is 253 g/mol. The molecular weight excluding hydrogens is 226 g/mol. The van der Waals surface area contributed by atoms with Gasteiger partial charge in [0.25, 0.3) is 0 Å². The number of amides is 1. The molecule has 2 fully saturated rings. The second-order valence-electron chi connectivity index (χ2n) is 5.81. The van der Waals surface area contributed by atoms with Crippen molar-refractivity contribution < 1.29 is 4.79 Å². The summed E-state index contributed by atoms with van der Waals surface area (Å²) in [7, 11) is 2.21. The van der Waals surface area contributed by atoms with Crippen LogP contribution in [0.5, 0.6) is 0 Å². The molecular formula is C14H27N3O. The predicted molar refractivity (Wildman–Crippen MR) is 73.5 cm³/mol. The van der Waals surface area contributed by atoms with Crippen molar-refractivity contribution in [3.05, 3.63) is 0 Å². The number of carbonyl (C=O) groups is 1. The zero-order chi connectivity index (χ0) is 13.0. The van der Waals surface area contributed by atoms with Gasteiger partial charge in [-0.05, 0) is 45.7 Å². The van der Waals surface area contributed by atoms with E-state index in [1.165, 1.54) is 25.7 Å². The molecule has 1 atom stereocenters. The molecule has 4 nitrogen and oxygen atoms in total. The van der Waals surface area contributed by atoms with Gasteiger partial charge in [-0.1, -0.05) is 6.92 Å². The molecule has 0 aromatic heterocycles. The molecule has 2 rings (SSSR count). The summed E-state index contributed by atoms with van der Waals surface area (Å²) >= 11 is 0. The summed E-state index contributed by atoms with van der Waals surface area (Å²) in [5.74, 6) is 0.226. The summed E-state index contributed by atoms with van der Waals surface area (Å²) in [5.41, 5.74) is 0. The van der Waals surface area contributed by atoms with E-state index in [2.05, 4.69) is 29.5 Å². The number of nitrogens with zero attached hydrogens (tertiary/aromatic N) is 1. The molecule has 1 aliphatic heterocycles. The van der Waals surface area contributed by atoms with E-state index in [1.807, 2.05) is 0 Å². The Morgan fingerprint density at radius 2 is 2.00 bits per heavy atom. The Morgan fingerprint density at radius 3 is 2.56 bits per heavy atom. The maximum atomic E-state index is 11.2. The Bertz CT molecular complexity index is 274. The molecule has 1 aliphatic carbocycles. The normalized spacial score (nSPS) is 32.8. The first-order valence-corrected chi connectivity index (χ1v) is 7.42. The fourth-order valence-corrected chi connectivity index (χ4v) is 3.32. The van der Waals surface area contributed by atoms with Gasteiger partial charge in [0.05, 0.1) is 0 Å². The Balaban J connectivity index is 1.70. The molecule has 0 bridgehead atoms. The first-order valence-electron chi connectivity index (χ1n) is 7.42. The predicted octanol–water partition coefficient (Wildman–Crippen LogP) is 1.12.